The van der Waals surface area contributed by atoms with Crippen molar-refractivity contribution < 1.29 is 4.74 Å². The first-order valence-electron chi connectivity index (χ1n) is 22.3. The van der Waals surface area contributed by atoms with Crippen molar-refractivity contribution >= 4 is 94.2 Å². The number of ether oxygens (including phenoxy) is 1. The summed E-state index contributed by atoms with van der Waals surface area (Å²) in [6, 6.07) is 87.1. The van der Waals surface area contributed by atoms with Gasteiger partial charge in [-0.15, -0.1) is 0 Å². The molecular weight excluding hydrogens is 807 g/mol. The highest BCUT2D eigenvalue weighted by atomic mass is 28.3. The van der Waals surface area contributed by atoms with Crippen LogP contribution in [0.1, 0.15) is 0 Å². The highest BCUT2D eigenvalue weighted by Crippen LogP contribution is 2.38. The fourth-order valence-electron chi connectivity index (χ4n) is 11.3. The Kier molecular flexibility index (Phi) is 7.68. The SMILES string of the molecule is c1ccc(-n2c3ccccc3c3cc([Si]4(c5ccc(-n6c7ccccc7c7ccccc76)cc5)c5ccccc5Oc5cc(-n6c7ccccc7c7ccccc76)ccc54)ccc32)cc1. The fourth-order valence-corrected chi connectivity index (χ4v) is 16.2. The van der Waals surface area contributed by atoms with Gasteiger partial charge >= 0.3 is 0 Å². The topological polar surface area (TPSA) is 24.0 Å². The smallest absolute Gasteiger partial charge is 0.188 e. The predicted molar refractivity (Wildman–Crippen MR) is 273 cm³/mol. The predicted octanol–water partition coefficient (Wildman–Crippen LogP) is 12.5. The average Bonchev–Trinajstić information content (AvgIpc) is 4.01. The molecule has 5 heteroatoms. The zero-order valence-electron chi connectivity index (χ0n) is 35.3. The van der Waals surface area contributed by atoms with Crippen LogP contribution in [0.3, 0.4) is 0 Å². The molecule has 4 heterocycles. The van der Waals surface area contributed by atoms with Crippen LogP contribution in [0, 0.1) is 0 Å². The number of para-hydroxylation sites is 7. The first-order valence-corrected chi connectivity index (χ1v) is 24.3. The monoisotopic (exact) mass is 845 g/mol. The van der Waals surface area contributed by atoms with E-state index < -0.39 is 8.07 Å². The average molecular weight is 846 g/mol. The van der Waals surface area contributed by atoms with E-state index in [0.29, 0.717) is 0 Å². The Labute approximate surface area is 376 Å². The van der Waals surface area contributed by atoms with Crippen LogP contribution >= 0.6 is 0 Å². The molecule has 14 rings (SSSR count). The third-order valence-electron chi connectivity index (χ3n) is 14.0. The highest BCUT2D eigenvalue weighted by molar-refractivity contribution is 7.20. The molecule has 13 aromatic rings. The number of rotatable bonds is 5. The largest absolute Gasteiger partial charge is 0.457 e. The van der Waals surface area contributed by atoms with E-state index in [1.165, 1.54) is 86.2 Å². The summed E-state index contributed by atoms with van der Waals surface area (Å²) < 4.78 is 14.4. The van der Waals surface area contributed by atoms with Crippen molar-refractivity contribution in [1.29, 1.82) is 0 Å². The lowest BCUT2D eigenvalue weighted by Gasteiger charge is -2.40. The van der Waals surface area contributed by atoms with Gasteiger partial charge in [0, 0.05) is 55.4 Å². The lowest BCUT2D eigenvalue weighted by molar-refractivity contribution is 0.487. The minimum absolute atomic E-state index is 0.896. The maximum Gasteiger partial charge on any atom is 0.188 e. The summed E-state index contributed by atoms with van der Waals surface area (Å²) in [6.45, 7) is 0. The molecule has 0 N–H and O–H groups in total. The molecule has 10 aromatic carbocycles. The summed E-state index contributed by atoms with van der Waals surface area (Å²) >= 11 is 0. The van der Waals surface area contributed by atoms with Crippen LogP contribution in [-0.4, -0.2) is 21.8 Å². The van der Waals surface area contributed by atoms with Crippen molar-refractivity contribution in [3.05, 3.63) is 237 Å². The molecule has 65 heavy (non-hydrogen) atoms. The van der Waals surface area contributed by atoms with Gasteiger partial charge in [-0.2, -0.15) is 0 Å². The summed E-state index contributed by atoms with van der Waals surface area (Å²) in [5.41, 5.74) is 10.5. The molecule has 1 atom stereocenters. The lowest BCUT2D eigenvalue weighted by Crippen LogP contribution is -2.76. The van der Waals surface area contributed by atoms with Crippen LogP contribution in [0.25, 0.3) is 82.5 Å². The van der Waals surface area contributed by atoms with Crippen molar-refractivity contribution in [2.24, 2.45) is 0 Å². The van der Waals surface area contributed by atoms with E-state index in [4.69, 9.17) is 4.74 Å². The molecule has 304 valence electrons. The van der Waals surface area contributed by atoms with Crippen LogP contribution in [0.5, 0.6) is 11.5 Å². The molecule has 1 aliphatic rings. The second kappa shape index (κ2) is 13.8. The summed E-state index contributed by atoms with van der Waals surface area (Å²) in [5.74, 6) is 1.80. The normalized spacial score (nSPS) is 14.6. The van der Waals surface area contributed by atoms with Crippen molar-refractivity contribution in [1.82, 2.24) is 13.7 Å². The van der Waals surface area contributed by atoms with E-state index in [1.54, 1.807) is 0 Å². The molecule has 1 aliphatic heterocycles. The molecule has 0 bridgehead atoms. The van der Waals surface area contributed by atoms with E-state index in [2.05, 4.69) is 250 Å². The summed E-state index contributed by atoms with van der Waals surface area (Å²) in [4.78, 5) is 0. The number of nitrogens with zero attached hydrogens (tertiary/aromatic N) is 3. The maximum absolute atomic E-state index is 7.15. The van der Waals surface area contributed by atoms with Crippen LogP contribution < -0.4 is 25.5 Å². The van der Waals surface area contributed by atoms with E-state index in [1.807, 2.05) is 0 Å². The van der Waals surface area contributed by atoms with Crippen LogP contribution in [0.4, 0.5) is 0 Å². The molecule has 4 nitrogen and oxygen atoms in total. The first-order chi connectivity index (χ1) is 32.3. The van der Waals surface area contributed by atoms with Crippen molar-refractivity contribution in [2.75, 3.05) is 0 Å². The van der Waals surface area contributed by atoms with Gasteiger partial charge in [0.2, 0.25) is 0 Å². The zero-order valence-corrected chi connectivity index (χ0v) is 36.3. The van der Waals surface area contributed by atoms with Gasteiger partial charge in [0.1, 0.15) is 11.5 Å². The Morgan fingerprint density at radius 3 is 1.23 bits per heavy atom. The Bertz CT molecular complexity index is 3940. The van der Waals surface area contributed by atoms with Gasteiger partial charge in [0.15, 0.2) is 8.07 Å². The molecule has 0 saturated carbocycles. The van der Waals surface area contributed by atoms with Crippen molar-refractivity contribution in [3.8, 4) is 28.6 Å². The Balaban J connectivity index is 1.06. The third kappa shape index (κ3) is 5.07. The van der Waals surface area contributed by atoms with Gasteiger partial charge in [0.25, 0.3) is 0 Å². The molecule has 0 saturated heterocycles. The molecule has 0 spiro atoms. The quantitative estimate of drug-likeness (QED) is 0.158. The minimum atomic E-state index is -3.13. The number of hydrogen-bond acceptors (Lipinski definition) is 1. The second-order valence-electron chi connectivity index (χ2n) is 17.2. The number of aromatic nitrogens is 3. The van der Waals surface area contributed by atoms with E-state index in [0.717, 1.165) is 28.6 Å². The molecule has 3 aromatic heterocycles. The van der Waals surface area contributed by atoms with Crippen molar-refractivity contribution in [2.45, 2.75) is 0 Å². The van der Waals surface area contributed by atoms with Gasteiger partial charge in [0.05, 0.1) is 33.1 Å². The second-order valence-corrected chi connectivity index (χ2v) is 21.0. The fraction of sp³-hybridized carbons (Fsp3) is 0. The number of benzene rings is 10. The molecule has 0 fully saturated rings. The maximum atomic E-state index is 7.15. The summed E-state index contributed by atoms with van der Waals surface area (Å²) in [5, 5.41) is 12.6. The number of hydrogen-bond donors (Lipinski definition) is 0. The third-order valence-corrected chi connectivity index (χ3v) is 18.8. The van der Waals surface area contributed by atoms with Crippen LogP contribution in [0.2, 0.25) is 0 Å². The Hall–Kier alpha value is -8.38. The lowest BCUT2D eigenvalue weighted by atomic mass is 10.1. The zero-order chi connectivity index (χ0) is 42.6. The molecule has 0 aliphatic carbocycles. The van der Waals surface area contributed by atoms with Gasteiger partial charge in [-0.3, -0.25) is 0 Å². The van der Waals surface area contributed by atoms with E-state index in [-0.39, 0.29) is 0 Å². The summed E-state index contributed by atoms with van der Waals surface area (Å²) in [6.07, 6.45) is 0. The Morgan fingerprint density at radius 2 is 0.662 bits per heavy atom. The standard InChI is InChI=1S/C60H39N3OSi/c1-2-16-40(17-3-1)61-55-27-13-8-22-49(55)50-39-44(35-36-56(50)61)65(43-33-30-41(31-34-43)62-51-23-9-4-18-45(51)46-19-5-10-24-52(46)62)59-29-15-14-28-57(59)64-58-38-42(32-37-60(58)65)63-53-25-11-6-20-47(53)48-21-7-12-26-54(48)63/h1-39H. The van der Waals surface area contributed by atoms with Crippen LogP contribution in [-0.2, 0) is 0 Å². The minimum Gasteiger partial charge on any atom is -0.457 e. The van der Waals surface area contributed by atoms with E-state index >= 15 is 0 Å². The van der Waals surface area contributed by atoms with E-state index in [9.17, 15) is 0 Å². The molecule has 1 unspecified atom stereocenters. The molecule has 0 amide bonds. The van der Waals surface area contributed by atoms with Gasteiger partial charge in [-0.05, 0) is 93.5 Å². The Morgan fingerprint density at radius 1 is 0.262 bits per heavy atom. The van der Waals surface area contributed by atoms with Gasteiger partial charge in [-0.25, -0.2) is 0 Å². The molecular formula is C60H39N3OSi. The number of fused-ring (bicyclic) bond motifs is 11. The molecule has 0 radical (unpaired) electrons. The van der Waals surface area contributed by atoms with Crippen molar-refractivity contribution in [3.63, 3.8) is 0 Å². The highest BCUT2D eigenvalue weighted by Gasteiger charge is 2.48. The summed E-state index contributed by atoms with van der Waals surface area (Å²) in [7, 11) is -3.13. The van der Waals surface area contributed by atoms with Gasteiger partial charge in [-0.1, -0.05) is 158 Å². The first kappa shape index (κ1) is 36.1. The van der Waals surface area contributed by atoms with Gasteiger partial charge < -0.3 is 18.4 Å². The van der Waals surface area contributed by atoms with Crippen LogP contribution in [0.15, 0.2) is 237 Å².